The fourth-order valence-corrected chi connectivity index (χ4v) is 5.79. The summed E-state index contributed by atoms with van der Waals surface area (Å²) in [5.41, 5.74) is 3.50. The second kappa shape index (κ2) is 8.13. The maximum Gasteiger partial charge on any atom is 0.257 e. The quantitative estimate of drug-likeness (QED) is 0.662. The molecule has 0 saturated carbocycles. The van der Waals surface area contributed by atoms with Crippen LogP contribution in [0.25, 0.3) is 5.00 Å². The maximum absolute atomic E-state index is 13.6. The fourth-order valence-electron chi connectivity index (χ4n) is 4.44. The first-order chi connectivity index (χ1) is 14.3. The van der Waals surface area contributed by atoms with E-state index in [-0.39, 0.29) is 5.91 Å². The molecule has 1 saturated heterocycles. The monoisotopic (exact) mass is 406 g/mol. The summed E-state index contributed by atoms with van der Waals surface area (Å²) in [4.78, 5) is 23.7. The highest BCUT2D eigenvalue weighted by Gasteiger charge is 2.30. The van der Waals surface area contributed by atoms with Gasteiger partial charge in [-0.2, -0.15) is 0 Å². The van der Waals surface area contributed by atoms with Crippen LogP contribution >= 0.6 is 11.3 Å². The molecule has 3 aromatic rings. The van der Waals surface area contributed by atoms with Crippen molar-refractivity contribution in [3.63, 3.8) is 0 Å². The van der Waals surface area contributed by atoms with Gasteiger partial charge in [0.05, 0.1) is 5.56 Å². The second-order valence-corrected chi connectivity index (χ2v) is 8.99. The molecule has 150 valence electrons. The number of pyridine rings is 1. The van der Waals surface area contributed by atoms with Crippen molar-refractivity contribution in [3.8, 4) is 5.00 Å². The van der Waals surface area contributed by atoms with Gasteiger partial charge in [-0.05, 0) is 55.0 Å². The number of nitrogens with zero attached hydrogens (tertiary/aromatic N) is 4. The standard InChI is InChI=1S/C23H26N4OS/c28-22(26-14-12-25(13-15-26)17-18-6-5-9-24-16-18)21-19-7-1-2-8-20(19)29-23(21)27-10-3-4-11-27/h3-6,9-11,16H,1-2,7-8,12-15,17H2. The third-order valence-corrected chi connectivity index (χ3v) is 7.30. The largest absolute Gasteiger partial charge is 0.336 e. The Hall–Kier alpha value is -2.44. The molecule has 1 fully saturated rings. The Kier molecular flexibility index (Phi) is 5.21. The lowest BCUT2D eigenvalue weighted by Gasteiger charge is -2.35. The zero-order valence-corrected chi connectivity index (χ0v) is 17.4. The van der Waals surface area contributed by atoms with E-state index in [1.807, 2.05) is 41.9 Å². The summed E-state index contributed by atoms with van der Waals surface area (Å²) in [5, 5.41) is 1.10. The predicted molar refractivity (Wildman–Crippen MR) is 116 cm³/mol. The van der Waals surface area contributed by atoms with Gasteiger partial charge in [-0.3, -0.25) is 14.7 Å². The molecule has 0 N–H and O–H groups in total. The van der Waals surface area contributed by atoms with Crippen LogP contribution < -0.4 is 0 Å². The van der Waals surface area contributed by atoms with Crippen molar-refractivity contribution in [2.45, 2.75) is 32.2 Å². The van der Waals surface area contributed by atoms with Crippen molar-refractivity contribution in [2.24, 2.45) is 0 Å². The number of thiophene rings is 1. The number of fused-ring (bicyclic) bond motifs is 1. The van der Waals surface area contributed by atoms with Crippen LogP contribution in [0.15, 0.2) is 49.1 Å². The Labute approximate surface area is 175 Å². The number of aromatic nitrogens is 2. The number of aryl methyl sites for hydroxylation is 1. The molecule has 0 radical (unpaired) electrons. The lowest BCUT2D eigenvalue weighted by Crippen LogP contribution is -2.48. The van der Waals surface area contributed by atoms with Crippen LogP contribution in [-0.2, 0) is 19.4 Å². The van der Waals surface area contributed by atoms with Crippen molar-refractivity contribution in [2.75, 3.05) is 26.2 Å². The van der Waals surface area contributed by atoms with E-state index in [0.717, 1.165) is 56.1 Å². The topological polar surface area (TPSA) is 41.4 Å². The summed E-state index contributed by atoms with van der Waals surface area (Å²) >= 11 is 1.81. The number of hydrogen-bond donors (Lipinski definition) is 0. The summed E-state index contributed by atoms with van der Waals surface area (Å²) in [7, 11) is 0. The smallest absolute Gasteiger partial charge is 0.257 e. The van der Waals surface area contributed by atoms with E-state index in [9.17, 15) is 4.79 Å². The van der Waals surface area contributed by atoms with E-state index in [1.54, 1.807) is 0 Å². The van der Waals surface area contributed by atoms with Crippen molar-refractivity contribution >= 4 is 17.2 Å². The molecule has 4 heterocycles. The molecule has 5 nitrogen and oxygen atoms in total. The zero-order valence-electron chi connectivity index (χ0n) is 16.6. The molecule has 2 aliphatic rings. The van der Waals surface area contributed by atoms with Crippen molar-refractivity contribution in [3.05, 3.63) is 70.6 Å². The third kappa shape index (κ3) is 3.74. The predicted octanol–water partition coefficient (Wildman–Crippen LogP) is 3.77. The van der Waals surface area contributed by atoms with Crippen molar-refractivity contribution < 1.29 is 4.79 Å². The van der Waals surface area contributed by atoms with Gasteiger partial charge in [0.15, 0.2) is 0 Å². The second-order valence-electron chi connectivity index (χ2n) is 7.91. The number of piperazine rings is 1. The van der Waals surface area contributed by atoms with Crippen LogP contribution in [0.4, 0.5) is 0 Å². The van der Waals surface area contributed by atoms with Crippen molar-refractivity contribution in [1.29, 1.82) is 0 Å². The number of amides is 1. The van der Waals surface area contributed by atoms with E-state index in [4.69, 9.17) is 0 Å². The Bertz CT molecular complexity index is 972. The Morgan fingerprint density at radius 1 is 1.03 bits per heavy atom. The first-order valence-electron chi connectivity index (χ1n) is 10.5. The van der Waals surface area contributed by atoms with Crippen LogP contribution in [0.2, 0.25) is 0 Å². The third-order valence-electron chi connectivity index (χ3n) is 5.99. The SMILES string of the molecule is O=C(c1c(-n2cccc2)sc2c1CCCC2)N1CCN(Cc2cccnc2)CC1. The molecule has 6 heteroatoms. The molecular weight excluding hydrogens is 380 g/mol. The van der Waals surface area contributed by atoms with Crippen LogP contribution in [0, 0.1) is 0 Å². The molecule has 0 atom stereocenters. The molecule has 29 heavy (non-hydrogen) atoms. The van der Waals surface area contributed by atoms with Gasteiger partial charge in [-0.1, -0.05) is 6.07 Å². The van der Waals surface area contributed by atoms with Crippen LogP contribution in [0.1, 0.15) is 39.2 Å². The molecule has 3 aromatic heterocycles. The molecule has 1 amide bonds. The lowest BCUT2D eigenvalue weighted by molar-refractivity contribution is 0.0627. The molecule has 0 unspecified atom stereocenters. The van der Waals surface area contributed by atoms with Gasteiger partial charge in [0.1, 0.15) is 5.00 Å². The normalized spacial score (nSPS) is 17.3. The van der Waals surface area contributed by atoms with E-state index in [0.29, 0.717) is 0 Å². The van der Waals surface area contributed by atoms with Crippen molar-refractivity contribution in [1.82, 2.24) is 19.4 Å². The molecule has 0 bridgehead atoms. The van der Waals surface area contributed by atoms with Gasteiger partial charge in [-0.25, -0.2) is 0 Å². The average Bonchev–Trinajstić information content (AvgIpc) is 3.42. The average molecular weight is 407 g/mol. The minimum atomic E-state index is 0.217. The lowest BCUT2D eigenvalue weighted by atomic mass is 9.95. The fraction of sp³-hybridized carbons (Fsp3) is 0.391. The van der Waals surface area contributed by atoms with E-state index < -0.39 is 0 Å². The van der Waals surface area contributed by atoms with E-state index in [1.165, 1.54) is 28.8 Å². The summed E-state index contributed by atoms with van der Waals surface area (Å²) in [5.74, 6) is 0.217. The van der Waals surface area contributed by atoms with Crippen LogP contribution in [-0.4, -0.2) is 51.4 Å². The minimum absolute atomic E-state index is 0.217. The van der Waals surface area contributed by atoms with Crippen LogP contribution in [0.3, 0.4) is 0 Å². The summed E-state index contributed by atoms with van der Waals surface area (Å²) < 4.78 is 2.12. The Morgan fingerprint density at radius 2 is 1.83 bits per heavy atom. The molecule has 5 rings (SSSR count). The highest BCUT2D eigenvalue weighted by Crippen LogP contribution is 2.37. The van der Waals surface area contributed by atoms with Gasteiger partial charge in [-0.15, -0.1) is 11.3 Å². The van der Waals surface area contributed by atoms with Gasteiger partial charge in [0.25, 0.3) is 5.91 Å². The maximum atomic E-state index is 13.6. The van der Waals surface area contributed by atoms with Gasteiger partial charge in [0, 0.05) is 62.4 Å². The molecule has 0 aromatic carbocycles. The minimum Gasteiger partial charge on any atom is -0.336 e. The number of carbonyl (C=O) groups is 1. The summed E-state index contributed by atoms with van der Waals surface area (Å²) in [6.07, 6.45) is 12.4. The highest BCUT2D eigenvalue weighted by atomic mass is 32.1. The molecular formula is C23H26N4OS. The summed E-state index contributed by atoms with van der Waals surface area (Å²) in [6.45, 7) is 4.29. The first-order valence-corrected chi connectivity index (χ1v) is 11.3. The number of hydrogen-bond acceptors (Lipinski definition) is 4. The first kappa shape index (κ1) is 18.6. The molecule has 1 aliphatic heterocycles. The summed E-state index contributed by atoms with van der Waals surface area (Å²) in [6, 6.07) is 8.16. The van der Waals surface area contributed by atoms with Gasteiger partial charge < -0.3 is 9.47 Å². The van der Waals surface area contributed by atoms with Gasteiger partial charge in [0.2, 0.25) is 0 Å². The van der Waals surface area contributed by atoms with E-state index >= 15 is 0 Å². The number of rotatable bonds is 4. The van der Waals surface area contributed by atoms with E-state index in [2.05, 4.69) is 37.8 Å². The van der Waals surface area contributed by atoms with Crippen LogP contribution in [0.5, 0.6) is 0 Å². The highest BCUT2D eigenvalue weighted by molar-refractivity contribution is 7.15. The molecule has 0 spiro atoms. The Balaban J connectivity index is 1.34. The molecule has 1 aliphatic carbocycles. The Morgan fingerprint density at radius 3 is 2.59 bits per heavy atom. The number of carbonyl (C=O) groups excluding carboxylic acids is 1. The zero-order chi connectivity index (χ0) is 19.6. The van der Waals surface area contributed by atoms with Gasteiger partial charge >= 0.3 is 0 Å².